The molecule has 0 amide bonds. The van der Waals surface area contributed by atoms with Crippen molar-refractivity contribution in [2.45, 2.75) is 32.7 Å². The highest BCUT2D eigenvalue weighted by molar-refractivity contribution is 6.30. The van der Waals surface area contributed by atoms with E-state index in [1.807, 2.05) is 28.9 Å². The van der Waals surface area contributed by atoms with E-state index in [1.165, 1.54) is 0 Å². The highest BCUT2D eigenvalue weighted by Gasteiger charge is 2.22. The number of anilines is 1. The van der Waals surface area contributed by atoms with Gasteiger partial charge in [-0.1, -0.05) is 50.6 Å². The van der Waals surface area contributed by atoms with Crippen LogP contribution < -0.4 is 5.32 Å². The van der Waals surface area contributed by atoms with Crippen LogP contribution in [0.2, 0.25) is 5.02 Å². The van der Waals surface area contributed by atoms with Gasteiger partial charge in [0.25, 0.3) is 0 Å². The number of hydrogen-bond acceptors (Lipinski definition) is 3. The molecule has 0 saturated heterocycles. The topological polar surface area (TPSA) is 42.7 Å². The molecule has 5 heteroatoms. The molecule has 0 bridgehead atoms. The third-order valence-corrected chi connectivity index (χ3v) is 3.94. The Bertz CT molecular complexity index is 819. The van der Waals surface area contributed by atoms with Crippen LogP contribution in [0.4, 0.5) is 5.82 Å². The minimum absolute atomic E-state index is 0.0429. The molecule has 0 radical (unpaired) electrons. The molecule has 1 aromatic carbocycles. The average Bonchev–Trinajstić information content (AvgIpc) is 2.98. The van der Waals surface area contributed by atoms with Crippen LogP contribution >= 0.6 is 11.6 Å². The second kappa shape index (κ2) is 6.65. The number of benzene rings is 1. The van der Waals surface area contributed by atoms with Gasteiger partial charge < -0.3 is 5.32 Å². The molecule has 3 aromatic rings. The predicted octanol–water partition coefficient (Wildman–Crippen LogP) is 4.83. The maximum atomic E-state index is 6.02. The standard InChI is InChI=1S/C19H21ClN4/c1-19(2,3)18-14(12-22-17-11-15(20)9-10-21-17)13-24(23-18)16-7-5-4-6-8-16/h4-11,13H,12H2,1-3H3,(H,21,22). The SMILES string of the molecule is CC(C)(C)c1nn(-c2ccccc2)cc1CNc1cc(Cl)ccn1. The molecule has 2 aromatic heterocycles. The molecule has 0 aliphatic carbocycles. The van der Waals surface area contributed by atoms with Gasteiger partial charge in [-0.3, -0.25) is 0 Å². The van der Waals surface area contributed by atoms with Crippen molar-refractivity contribution in [3.63, 3.8) is 0 Å². The number of para-hydroxylation sites is 1. The smallest absolute Gasteiger partial charge is 0.127 e. The van der Waals surface area contributed by atoms with Gasteiger partial charge in [0.1, 0.15) is 5.82 Å². The number of hydrogen-bond donors (Lipinski definition) is 1. The van der Waals surface area contributed by atoms with E-state index in [0.29, 0.717) is 11.6 Å². The van der Waals surface area contributed by atoms with Gasteiger partial charge in [0.2, 0.25) is 0 Å². The van der Waals surface area contributed by atoms with Crippen molar-refractivity contribution in [1.82, 2.24) is 14.8 Å². The zero-order valence-corrected chi connectivity index (χ0v) is 14.9. The zero-order chi connectivity index (χ0) is 17.2. The Morgan fingerprint density at radius 1 is 1.12 bits per heavy atom. The molecule has 3 rings (SSSR count). The largest absolute Gasteiger partial charge is 0.366 e. The first kappa shape index (κ1) is 16.5. The number of nitrogens with one attached hydrogen (secondary N) is 1. The van der Waals surface area contributed by atoms with E-state index >= 15 is 0 Å². The lowest BCUT2D eigenvalue weighted by molar-refractivity contribution is 0.555. The van der Waals surface area contributed by atoms with Crippen LogP contribution in [0, 0.1) is 0 Å². The number of halogens is 1. The summed E-state index contributed by atoms with van der Waals surface area (Å²) in [4.78, 5) is 4.29. The third kappa shape index (κ3) is 3.77. The molecule has 124 valence electrons. The molecule has 0 atom stereocenters. The number of aromatic nitrogens is 3. The van der Waals surface area contributed by atoms with Crippen LogP contribution in [0.1, 0.15) is 32.0 Å². The number of rotatable bonds is 4. The van der Waals surface area contributed by atoms with Crippen molar-refractivity contribution in [2.24, 2.45) is 0 Å². The van der Waals surface area contributed by atoms with Crippen LogP contribution in [0.25, 0.3) is 5.69 Å². The number of pyridine rings is 1. The van der Waals surface area contributed by atoms with E-state index in [1.54, 1.807) is 12.3 Å². The Hall–Kier alpha value is -2.33. The maximum absolute atomic E-state index is 6.02. The fourth-order valence-corrected chi connectivity index (χ4v) is 2.73. The Morgan fingerprint density at radius 3 is 2.54 bits per heavy atom. The fraction of sp³-hybridized carbons (Fsp3) is 0.263. The Balaban J connectivity index is 1.90. The van der Waals surface area contributed by atoms with E-state index in [2.05, 4.69) is 49.4 Å². The highest BCUT2D eigenvalue weighted by atomic mass is 35.5. The first-order valence-electron chi connectivity index (χ1n) is 7.93. The Kier molecular flexibility index (Phi) is 4.58. The predicted molar refractivity (Wildman–Crippen MR) is 98.8 cm³/mol. The lowest BCUT2D eigenvalue weighted by Gasteiger charge is -2.17. The van der Waals surface area contributed by atoms with Crippen LogP contribution in [-0.2, 0) is 12.0 Å². The highest BCUT2D eigenvalue weighted by Crippen LogP contribution is 2.26. The quantitative estimate of drug-likeness (QED) is 0.739. The monoisotopic (exact) mass is 340 g/mol. The van der Waals surface area contributed by atoms with Crippen molar-refractivity contribution in [3.05, 3.63) is 71.1 Å². The summed E-state index contributed by atoms with van der Waals surface area (Å²) in [6.07, 6.45) is 3.77. The Morgan fingerprint density at radius 2 is 1.88 bits per heavy atom. The van der Waals surface area contributed by atoms with Crippen LogP contribution in [0.5, 0.6) is 0 Å². The molecule has 0 saturated carbocycles. The van der Waals surface area contributed by atoms with Crippen molar-refractivity contribution in [2.75, 3.05) is 5.32 Å². The summed E-state index contributed by atoms with van der Waals surface area (Å²) in [5.41, 5.74) is 3.22. The molecule has 0 fully saturated rings. The van der Waals surface area contributed by atoms with Gasteiger partial charge in [-0.25, -0.2) is 9.67 Å². The van der Waals surface area contributed by atoms with E-state index in [0.717, 1.165) is 22.8 Å². The summed E-state index contributed by atoms with van der Waals surface area (Å²) >= 11 is 6.02. The molecule has 4 nitrogen and oxygen atoms in total. The average molecular weight is 341 g/mol. The molecular weight excluding hydrogens is 320 g/mol. The normalized spacial score (nSPS) is 11.5. The van der Waals surface area contributed by atoms with Gasteiger partial charge in [-0.05, 0) is 24.3 Å². The van der Waals surface area contributed by atoms with E-state index in [9.17, 15) is 0 Å². The second-order valence-electron chi connectivity index (χ2n) is 6.75. The Labute approximate surface area is 147 Å². The summed E-state index contributed by atoms with van der Waals surface area (Å²) in [6.45, 7) is 7.16. The lowest BCUT2D eigenvalue weighted by atomic mass is 9.89. The van der Waals surface area contributed by atoms with Gasteiger partial charge in [0.15, 0.2) is 0 Å². The van der Waals surface area contributed by atoms with E-state index in [-0.39, 0.29) is 5.41 Å². The molecule has 0 aliphatic heterocycles. The lowest BCUT2D eigenvalue weighted by Crippen LogP contribution is -2.16. The summed E-state index contributed by atoms with van der Waals surface area (Å²) in [5, 5.41) is 8.81. The minimum Gasteiger partial charge on any atom is -0.366 e. The van der Waals surface area contributed by atoms with Crippen LogP contribution in [-0.4, -0.2) is 14.8 Å². The second-order valence-corrected chi connectivity index (χ2v) is 7.18. The summed E-state index contributed by atoms with van der Waals surface area (Å²) in [6, 6.07) is 13.7. The van der Waals surface area contributed by atoms with Crippen molar-refractivity contribution < 1.29 is 0 Å². The maximum Gasteiger partial charge on any atom is 0.127 e. The fourth-order valence-electron chi connectivity index (χ4n) is 2.57. The van der Waals surface area contributed by atoms with Crippen molar-refractivity contribution in [1.29, 1.82) is 0 Å². The van der Waals surface area contributed by atoms with Crippen LogP contribution in [0.3, 0.4) is 0 Å². The van der Waals surface area contributed by atoms with Gasteiger partial charge in [-0.2, -0.15) is 5.10 Å². The first-order valence-corrected chi connectivity index (χ1v) is 8.31. The molecule has 0 spiro atoms. The molecule has 0 aliphatic rings. The van der Waals surface area contributed by atoms with Gasteiger partial charge in [-0.15, -0.1) is 0 Å². The van der Waals surface area contributed by atoms with Crippen LogP contribution in [0.15, 0.2) is 54.9 Å². The third-order valence-electron chi connectivity index (χ3n) is 3.70. The molecule has 2 heterocycles. The summed E-state index contributed by atoms with van der Waals surface area (Å²) in [7, 11) is 0. The van der Waals surface area contributed by atoms with Crippen molar-refractivity contribution in [3.8, 4) is 5.69 Å². The van der Waals surface area contributed by atoms with Gasteiger partial charge in [0.05, 0.1) is 11.4 Å². The van der Waals surface area contributed by atoms with Crippen molar-refractivity contribution >= 4 is 17.4 Å². The van der Waals surface area contributed by atoms with E-state index in [4.69, 9.17) is 16.7 Å². The zero-order valence-electron chi connectivity index (χ0n) is 14.1. The molecule has 0 unspecified atom stereocenters. The molecule has 24 heavy (non-hydrogen) atoms. The summed E-state index contributed by atoms with van der Waals surface area (Å²) in [5.74, 6) is 0.759. The number of nitrogens with zero attached hydrogens (tertiary/aromatic N) is 3. The molecular formula is C19H21ClN4. The summed E-state index contributed by atoms with van der Waals surface area (Å²) < 4.78 is 1.93. The molecule has 1 N–H and O–H groups in total. The van der Waals surface area contributed by atoms with Gasteiger partial charge >= 0.3 is 0 Å². The minimum atomic E-state index is -0.0429. The van der Waals surface area contributed by atoms with E-state index < -0.39 is 0 Å². The first-order chi connectivity index (χ1) is 11.4. The van der Waals surface area contributed by atoms with Gasteiger partial charge in [0, 0.05) is 34.9 Å².